The number of aromatic nitrogens is 4. The number of thioether (sulfide) groups is 1. The van der Waals surface area contributed by atoms with Gasteiger partial charge in [-0.15, -0.1) is 5.10 Å². The van der Waals surface area contributed by atoms with Crippen LogP contribution in [0.15, 0.2) is 23.4 Å². The lowest BCUT2D eigenvalue weighted by Crippen LogP contribution is -2.23. The fourth-order valence-electron chi connectivity index (χ4n) is 3.93. The number of nitrogens with one attached hydrogen (secondary N) is 1. The average molecular weight is 465 g/mol. The van der Waals surface area contributed by atoms with Gasteiger partial charge in [-0.25, -0.2) is 9.50 Å². The van der Waals surface area contributed by atoms with Crippen LogP contribution in [0.1, 0.15) is 35.4 Å². The zero-order valence-corrected chi connectivity index (χ0v) is 18.8. The summed E-state index contributed by atoms with van der Waals surface area (Å²) >= 11 is 1.39. The van der Waals surface area contributed by atoms with Crippen molar-refractivity contribution >= 4 is 34.8 Å². The van der Waals surface area contributed by atoms with Crippen LogP contribution in [0.25, 0.3) is 5.78 Å². The Bertz CT molecular complexity index is 1170. The minimum atomic E-state index is -4.49. The van der Waals surface area contributed by atoms with Crippen molar-refractivity contribution < 1.29 is 18.0 Å². The number of fused-ring (bicyclic) bond motifs is 1. The van der Waals surface area contributed by atoms with Crippen molar-refractivity contribution in [3.63, 3.8) is 0 Å². The predicted molar refractivity (Wildman–Crippen MR) is 117 cm³/mol. The molecule has 0 aliphatic carbocycles. The van der Waals surface area contributed by atoms with Crippen LogP contribution in [0.3, 0.4) is 0 Å². The van der Waals surface area contributed by atoms with Gasteiger partial charge in [0.2, 0.25) is 11.1 Å². The van der Waals surface area contributed by atoms with Crippen molar-refractivity contribution in [2.75, 3.05) is 29.6 Å². The summed E-state index contributed by atoms with van der Waals surface area (Å²) in [4.78, 5) is 23.7. The molecule has 2 aromatic heterocycles. The highest BCUT2D eigenvalue weighted by molar-refractivity contribution is 7.98. The number of rotatable bonds is 5. The molecule has 32 heavy (non-hydrogen) atoms. The molecule has 0 bridgehead atoms. The molecule has 7 nitrogen and oxygen atoms in total. The number of aryl methyl sites for hydroxylation is 2. The molecule has 1 N–H and O–H groups in total. The summed E-state index contributed by atoms with van der Waals surface area (Å²) in [7, 11) is 0. The van der Waals surface area contributed by atoms with E-state index in [-0.39, 0.29) is 12.1 Å². The van der Waals surface area contributed by atoms with E-state index in [9.17, 15) is 18.0 Å². The van der Waals surface area contributed by atoms with E-state index < -0.39 is 17.6 Å². The average Bonchev–Trinajstić information content (AvgIpc) is 3.40. The summed E-state index contributed by atoms with van der Waals surface area (Å²) in [5.74, 6) is 0.0324. The van der Waals surface area contributed by atoms with Crippen LogP contribution in [-0.4, -0.2) is 44.8 Å². The fourth-order valence-corrected chi connectivity index (χ4v) is 4.27. The highest BCUT2D eigenvalue weighted by Gasteiger charge is 2.32. The molecule has 1 aliphatic heterocycles. The maximum atomic E-state index is 13.3. The molecule has 1 aromatic carbocycles. The molecule has 0 saturated carbocycles. The van der Waals surface area contributed by atoms with Crippen molar-refractivity contribution in [2.24, 2.45) is 0 Å². The maximum Gasteiger partial charge on any atom is 0.416 e. The fraction of sp³-hybridized carbons (Fsp3) is 0.429. The minimum Gasteiger partial charge on any atom is -0.370 e. The van der Waals surface area contributed by atoms with Crippen molar-refractivity contribution in [1.29, 1.82) is 0 Å². The van der Waals surface area contributed by atoms with Crippen LogP contribution in [0.5, 0.6) is 0 Å². The number of benzene rings is 1. The third-order valence-corrected chi connectivity index (χ3v) is 6.13. The predicted octanol–water partition coefficient (Wildman–Crippen LogP) is 4.26. The summed E-state index contributed by atoms with van der Waals surface area (Å²) in [6.45, 7) is 5.10. The first-order valence-corrected chi connectivity index (χ1v) is 11.4. The lowest BCUT2D eigenvalue weighted by atomic mass is 10.1. The van der Waals surface area contributed by atoms with E-state index in [0.29, 0.717) is 27.9 Å². The van der Waals surface area contributed by atoms with Crippen molar-refractivity contribution in [3.05, 3.63) is 40.7 Å². The smallest absolute Gasteiger partial charge is 0.370 e. The Morgan fingerprint density at radius 3 is 2.56 bits per heavy atom. The van der Waals surface area contributed by atoms with E-state index in [0.717, 1.165) is 43.8 Å². The van der Waals surface area contributed by atoms with Gasteiger partial charge in [0.05, 0.1) is 23.4 Å². The van der Waals surface area contributed by atoms with Crippen molar-refractivity contribution in [1.82, 2.24) is 19.6 Å². The summed E-state index contributed by atoms with van der Waals surface area (Å²) in [6, 6.07) is 3.51. The van der Waals surface area contributed by atoms with Crippen LogP contribution in [-0.2, 0) is 17.4 Å². The summed E-state index contributed by atoms with van der Waals surface area (Å²) < 4.78 is 41.5. The molecular weight excluding hydrogens is 441 g/mol. The van der Waals surface area contributed by atoms with E-state index in [1.54, 1.807) is 11.4 Å². The number of alkyl halides is 3. The first-order valence-electron chi connectivity index (χ1n) is 10.2. The monoisotopic (exact) mass is 464 g/mol. The van der Waals surface area contributed by atoms with E-state index >= 15 is 0 Å². The van der Waals surface area contributed by atoms with Gasteiger partial charge in [0, 0.05) is 30.0 Å². The molecule has 170 valence electrons. The molecule has 0 spiro atoms. The number of hydrogen-bond donors (Lipinski definition) is 1. The Morgan fingerprint density at radius 1 is 1.19 bits per heavy atom. The Kier molecular flexibility index (Phi) is 6.02. The van der Waals surface area contributed by atoms with Gasteiger partial charge in [0.25, 0.3) is 5.78 Å². The largest absolute Gasteiger partial charge is 0.416 e. The number of carbonyl (C=O) groups excluding carboxylic acids is 1. The van der Waals surface area contributed by atoms with Gasteiger partial charge in [0.15, 0.2) is 0 Å². The van der Waals surface area contributed by atoms with Gasteiger partial charge in [0.1, 0.15) is 0 Å². The first-order chi connectivity index (χ1) is 15.2. The standard InChI is InChI=1S/C21H23F3N6OS/c1-12-15(13(2)30-19(25-12)27-20(28-30)32-3)11-18(31)26-16-10-14(21(22,23)24)6-7-17(16)29-8-4-5-9-29/h6-7,10H,4-5,8-9,11H2,1-3H3,(H,26,31). The number of hydrogen-bond acceptors (Lipinski definition) is 6. The molecule has 1 saturated heterocycles. The van der Waals surface area contributed by atoms with Gasteiger partial charge in [-0.05, 0) is 51.1 Å². The van der Waals surface area contributed by atoms with Gasteiger partial charge in [-0.2, -0.15) is 18.2 Å². The second kappa shape index (κ2) is 8.61. The van der Waals surface area contributed by atoms with E-state index in [1.807, 2.05) is 18.1 Å². The first kappa shape index (κ1) is 22.4. The van der Waals surface area contributed by atoms with Gasteiger partial charge >= 0.3 is 6.18 Å². The van der Waals surface area contributed by atoms with Gasteiger partial charge < -0.3 is 10.2 Å². The third-order valence-electron chi connectivity index (χ3n) is 5.59. The van der Waals surface area contributed by atoms with Crippen LogP contribution in [0.2, 0.25) is 0 Å². The van der Waals surface area contributed by atoms with Gasteiger partial charge in [-0.1, -0.05) is 11.8 Å². The molecule has 1 aliphatic rings. The topological polar surface area (TPSA) is 75.4 Å². The molecule has 0 atom stereocenters. The molecular formula is C21H23F3N6OS. The summed E-state index contributed by atoms with van der Waals surface area (Å²) in [5, 5.41) is 7.65. The number of halogens is 3. The molecule has 1 fully saturated rings. The van der Waals surface area contributed by atoms with Crippen molar-refractivity contribution in [3.8, 4) is 0 Å². The van der Waals surface area contributed by atoms with Crippen molar-refractivity contribution in [2.45, 2.75) is 44.4 Å². The molecule has 11 heteroatoms. The summed E-state index contributed by atoms with van der Waals surface area (Å²) in [5.41, 5.74) is 2.00. The Morgan fingerprint density at radius 2 is 1.91 bits per heavy atom. The number of carbonyl (C=O) groups is 1. The van der Waals surface area contributed by atoms with Crippen LogP contribution >= 0.6 is 11.8 Å². The SMILES string of the molecule is CSc1nc2nc(C)c(CC(=O)Nc3cc(C(F)(F)F)ccc3N3CCCC3)c(C)n2n1. The Balaban J connectivity index is 1.64. The van der Waals surface area contributed by atoms with E-state index in [4.69, 9.17) is 0 Å². The lowest BCUT2D eigenvalue weighted by molar-refractivity contribution is -0.137. The Hall–Kier alpha value is -2.82. The highest BCUT2D eigenvalue weighted by Crippen LogP contribution is 2.36. The second-order valence-electron chi connectivity index (χ2n) is 7.72. The molecule has 0 unspecified atom stereocenters. The molecule has 3 aromatic rings. The van der Waals surface area contributed by atoms with Crippen LogP contribution in [0, 0.1) is 13.8 Å². The zero-order valence-electron chi connectivity index (χ0n) is 18.0. The van der Waals surface area contributed by atoms with E-state index in [1.165, 1.54) is 17.8 Å². The summed E-state index contributed by atoms with van der Waals surface area (Å²) in [6.07, 6.45) is -0.737. The normalized spacial score (nSPS) is 14.4. The number of anilines is 2. The minimum absolute atomic E-state index is 0.0370. The quantitative estimate of drug-likeness (QED) is 0.569. The number of amides is 1. The van der Waals surface area contributed by atoms with Gasteiger partial charge in [-0.3, -0.25) is 4.79 Å². The van der Waals surface area contributed by atoms with Crippen LogP contribution < -0.4 is 10.2 Å². The zero-order chi connectivity index (χ0) is 23.0. The van der Waals surface area contributed by atoms with Crippen LogP contribution in [0.4, 0.5) is 24.5 Å². The highest BCUT2D eigenvalue weighted by atomic mass is 32.2. The molecule has 1 amide bonds. The molecule has 4 rings (SSSR count). The van der Waals surface area contributed by atoms with E-state index in [2.05, 4.69) is 20.4 Å². The lowest BCUT2D eigenvalue weighted by Gasteiger charge is -2.23. The second-order valence-corrected chi connectivity index (χ2v) is 8.49. The third kappa shape index (κ3) is 4.38. The number of nitrogens with zero attached hydrogens (tertiary/aromatic N) is 5. The molecule has 0 radical (unpaired) electrons. The molecule has 3 heterocycles. The Labute approximate surface area is 187 Å². The maximum absolute atomic E-state index is 13.3.